The molecule has 8 nitrogen and oxygen atoms in total. The Hall–Kier alpha value is -4.74. The molecular weight excluding hydrogens is 500 g/mol. The first-order valence-corrected chi connectivity index (χ1v) is 13.5. The number of benzene rings is 3. The summed E-state index contributed by atoms with van der Waals surface area (Å²) in [4.78, 5) is 35.2. The van der Waals surface area contributed by atoms with Gasteiger partial charge in [0.1, 0.15) is 6.04 Å². The van der Waals surface area contributed by atoms with Crippen molar-refractivity contribution in [3.8, 4) is 6.07 Å². The predicted octanol–water partition coefficient (Wildman–Crippen LogP) is 3.49. The third kappa shape index (κ3) is 6.63. The molecule has 8 heteroatoms. The van der Waals surface area contributed by atoms with E-state index >= 15 is 0 Å². The Morgan fingerprint density at radius 1 is 0.900 bits per heavy atom. The minimum Gasteiger partial charge on any atom is -0.354 e. The van der Waals surface area contributed by atoms with Crippen LogP contribution < -0.4 is 5.32 Å². The highest BCUT2D eigenvalue weighted by atomic mass is 16.2. The summed E-state index contributed by atoms with van der Waals surface area (Å²) in [6, 6.07) is 28.4. The number of nitrogens with one attached hydrogen (secondary N) is 1. The van der Waals surface area contributed by atoms with Crippen molar-refractivity contribution in [3.63, 3.8) is 0 Å². The van der Waals surface area contributed by atoms with Crippen LogP contribution in [-0.4, -0.2) is 63.4 Å². The lowest BCUT2D eigenvalue weighted by molar-refractivity contribution is -0.127. The number of nitriles is 1. The van der Waals surface area contributed by atoms with E-state index in [1.807, 2.05) is 59.3 Å². The molecule has 1 N–H and O–H groups in total. The Kier molecular flexibility index (Phi) is 8.64. The minimum absolute atomic E-state index is 0.124. The van der Waals surface area contributed by atoms with E-state index in [1.165, 1.54) is 5.56 Å². The van der Waals surface area contributed by atoms with E-state index in [2.05, 4.69) is 33.4 Å². The summed E-state index contributed by atoms with van der Waals surface area (Å²) in [7, 11) is 0. The van der Waals surface area contributed by atoms with Gasteiger partial charge in [-0.2, -0.15) is 5.26 Å². The van der Waals surface area contributed by atoms with Crippen molar-refractivity contribution in [2.45, 2.75) is 25.6 Å². The van der Waals surface area contributed by atoms with Crippen LogP contribution in [0, 0.1) is 11.3 Å². The molecule has 4 aromatic rings. The lowest BCUT2D eigenvalue weighted by Gasteiger charge is -2.40. The molecule has 1 saturated heterocycles. The van der Waals surface area contributed by atoms with Gasteiger partial charge < -0.3 is 14.8 Å². The van der Waals surface area contributed by atoms with Gasteiger partial charge in [-0.15, -0.1) is 0 Å². The zero-order valence-corrected chi connectivity index (χ0v) is 22.3. The van der Waals surface area contributed by atoms with Crippen LogP contribution >= 0.6 is 0 Å². The van der Waals surface area contributed by atoms with Crippen molar-refractivity contribution in [2.75, 3.05) is 26.2 Å². The quantitative estimate of drug-likeness (QED) is 0.356. The van der Waals surface area contributed by atoms with E-state index in [0.29, 0.717) is 50.3 Å². The maximum Gasteiger partial charge on any atom is 0.254 e. The number of hydrogen-bond donors (Lipinski definition) is 1. The van der Waals surface area contributed by atoms with E-state index in [1.54, 1.807) is 35.5 Å². The van der Waals surface area contributed by atoms with Crippen LogP contribution in [0.3, 0.4) is 0 Å². The molecule has 1 aliphatic heterocycles. The van der Waals surface area contributed by atoms with Crippen molar-refractivity contribution in [3.05, 3.63) is 125 Å². The molecule has 1 unspecified atom stereocenters. The Balaban J connectivity index is 1.23. The number of aromatic nitrogens is 2. The molecule has 1 atom stereocenters. The normalized spacial score (nSPS) is 15.4. The lowest BCUT2D eigenvalue weighted by Crippen LogP contribution is -2.60. The van der Waals surface area contributed by atoms with E-state index in [4.69, 9.17) is 5.26 Å². The highest BCUT2D eigenvalue weighted by molar-refractivity contribution is 5.97. The van der Waals surface area contributed by atoms with Crippen molar-refractivity contribution in [1.82, 2.24) is 24.7 Å². The van der Waals surface area contributed by atoms with Crippen molar-refractivity contribution in [1.29, 1.82) is 5.26 Å². The first kappa shape index (κ1) is 26.9. The smallest absolute Gasteiger partial charge is 0.254 e. The third-order valence-electron chi connectivity index (χ3n) is 7.21. The number of carbonyl (C=O) groups excluding carboxylic acids is 2. The SMILES string of the molecule is N#Cc1ccc(Cn2cncc2CCNC(=O)C2CN(Cc3ccccc3)CCN2C(=O)c2ccccc2)cc1. The summed E-state index contributed by atoms with van der Waals surface area (Å²) in [5.41, 5.74) is 4.46. The number of hydrogen-bond acceptors (Lipinski definition) is 5. The Morgan fingerprint density at radius 2 is 1.60 bits per heavy atom. The summed E-state index contributed by atoms with van der Waals surface area (Å²) < 4.78 is 2.04. The topological polar surface area (TPSA) is 94.3 Å². The summed E-state index contributed by atoms with van der Waals surface area (Å²) in [6.07, 6.45) is 4.19. The summed E-state index contributed by atoms with van der Waals surface area (Å²) in [5.74, 6) is -0.277. The molecule has 2 heterocycles. The Morgan fingerprint density at radius 3 is 2.33 bits per heavy atom. The summed E-state index contributed by atoms with van der Waals surface area (Å²) in [6.45, 7) is 3.44. The number of rotatable bonds is 9. The number of imidazole rings is 1. The monoisotopic (exact) mass is 532 g/mol. The number of piperazine rings is 1. The molecule has 0 spiro atoms. The maximum absolute atomic E-state index is 13.5. The van der Waals surface area contributed by atoms with Crippen LogP contribution in [0.2, 0.25) is 0 Å². The van der Waals surface area contributed by atoms with Crippen molar-refractivity contribution < 1.29 is 9.59 Å². The molecule has 1 aromatic heterocycles. The minimum atomic E-state index is -0.589. The molecule has 40 heavy (non-hydrogen) atoms. The zero-order chi connectivity index (χ0) is 27.7. The van der Waals surface area contributed by atoms with Crippen LogP contribution in [0.1, 0.15) is 32.7 Å². The zero-order valence-electron chi connectivity index (χ0n) is 22.3. The molecule has 202 valence electrons. The Labute approximate surface area is 234 Å². The average molecular weight is 533 g/mol. The van der Waals surface area contributed by atoms with Gasteiger partial charge >= 0.3 is 0 Å². The van der Waals surface area contributed by atoms with Crippen LogP contribution in [0.5, 0.6) is 0 Å². The van der Waals surface area contributed by atoms with Gasteiger partial charge in [0.15, 0.2) is 0 Å². The maximum atomic E-state index is 13.5. The van der Waals surface area contributed by atoms with Gasteiger partial charge in [-0.3, -0.25) is 14.5 Å². The second-order valence-corrected chi connectivity index (χ2v) is 9.96. The molecule has 0 bridgehead atoms. The molecule has 0 saturated carbocycles. The van der Waals surface area contributed by atoms with Crippen molar-refractivity contribution in [2.24, 2.45) is 0 Å². The fourth-order valence-electron chi connectivity index (χ4n) is 5.05. The van der Waals surface area contributed by atoms with Gasteiger partial charge in [0.25, 0.3) is 5.91 Å². The van der Waals surface area contributed by atoms with Gasteiger partial charge in [0, 0.05) is 63.1 Å². The van der Waals surface area contributed by atoms with Crippen LogP contribution in [0.4, 0.5) is 0 Å². The fourth-order valence-corrected chi connectivity index (χ4v) is 5.05. The highest BCUT2D eigenvalue weighted by Crippen LogP contribution is 2.17. The van der Waals surface area contributed by atoms with Gasteiger partial charge in [0.05, 0.1) is 18.0 Å². The van der Waals surface area contributed by atoms with Gasteiger partial charge in [0.2, 0.25) is 5.91 Å². The summed E-state index contributed by atoms with van der Waals surface area (Å²) in [5, 5.41) is 12.1. The summed E-state index contributed by atoms with van der Waals surface area (Å²) >= 11 is 0. The number of carbonyl (C=O) groups is 2. The third-order valence-corrected chi connectivity index (χ3v) is 7.21. The van der Waals surface area contributed by atoms with Crippen LogP contribution in [0.15, 0.2) is 97.5 Å². The first-order valence-electron chi connectivity index (χ1n) is 13.5. The number of nitrogens with zero attached hydrogens (tertiary/aromatic N) is 5. The predicted molar refractivity (Wildman–Crippen MR) is 152 cm³/mol. The van der Waals surface area contributed by atoms with E-state index in [9.17, 15) is 9.59 Å². The fraction of sp³-hybridized carbons (Fsp3) is 0.250. The van der Waals surface area contributed by atoms with E-state index in [0.717, 1.165) is 17.8 Å². The molecule has 1 fully saturated rings. The highest BCUT2D eigenvalue weighted by Gasteiger charge is 2.35. The number of amides is 2. The second kappa shape index (κ2) is 12.9. The average Bonchev–Trinajstić information content (AvgIpc) is 3.44. The molecule has 1 aliphatic rings. The van der Waals surface area contributed by atoms with Crippen LogP contribution in [0.25, 0.3) is 0 Å². The van der Waals surface area contributed by atoms with Gasteiger partial charge in [-0.25, -0.2) is 4.98 Å². The largest absolute Gasteiger partial charge is 0.354 e. The standard InChI is InChI=1S/C32H32N6O2/c33-19-25-11-13-27(14-12-25)22-37-24-34-20-29(37)15-16-35-31(39)30-23-36(21-26-7-3-1-4-8-26)17-18-38(30)32(40)28-9-5-2-6-10-28/h1-14,20,24,30H,15-18,21-23H2,(H,35,39). The molecule has 2 amide bonds. The molecule has 5 rings (SSSR count). The van der Waals surface area contributed by atoms with E-state index in [-0.39, 0.29) is 11.8 Å². The molecule has 0 radical (unpaired) electrons. The van der Waals surface area contributed by atoms with E-state index < -0.39 is 6.04 Å². The first-order chi connectivity index (χ1) is 19.6. The van der Waals surface area contributed by atoms with Gasteiger partial charge in [-0.05, 0) is 35.4 Å². The second-order valence-electron chi connectivity index (χ2n) is 9.96. The Bertz CT molecular complexity index is 1460. The molecule has 3 aromatic carbocycles. The molecular formula is C32H32N6O2. The van der Waals surface area contributed by atoms with Crippen molar-refractivity contribution >= 4 is 11.8 Å². The van der Waals surface area contributed by atoms with Crippen LogP contribution in [-0.2, 0) is 24.3 Å². The molecule has 0 aliphatic carbocycles. The van der Waals surface area contributed by atoms with Gasteiger partial charge in [-0.1, -0.05) is 60.7 Å². The lowest BCUT2D eigenvalue weighted by atomic mass is 10.1.